The molecule has 2 amide bonds. The molecule has 2 rings (SSSR count). The lowest BCUT2D eigenvalue weighted by Crippen LogP contribution is -2.38. The van der Waals surface area contributed by atoms with Crippen LogP contribution in [0.25, 0.3) is 0 Å². The quantitative estimate of drug-likeness (QED) is 0.635. The zero-order valence-corrected chi connectivity index (χ0v) is 15.2. The van der Waals surface area contributed by atoms with Gasteiger partial charge in [0, 0.05) is 37.2 Å². The normalized spacial score (nSPS) is 15.3. The second kappa shape index (κ2) is 9.35. The highest BCUT2D eigenvalue weighted by atomic mass is 16.2. The smallest absolute Gasteiger partial charge is 0.223 e. The number of nitrogens with zero attached hydrogens (tertiary/aromatic N) is 1. The van der Waals surface area contributed by atoms with Crippen molar-refractivity contribution in [3.63, 3.8) is 0 Å². The lowest BCUT2D eigenvalue weighted by molar-refractivity contribution is -0.121. The van der Waals surface area contributed by atoms with Gasteiger partial charge in [0.2, 0.25) is 11.8 Å². The van der Waals surface area contributed by atoms with Crippen LogP contribution >= 0.6 is 0 Å². The van der Waals surface area contributed by atoms with E-state index in [4.69, 9.17) is 0 Å². The second-order valence-corrected chi connectivity index (χ2v) is 6.78. The van der Waals surface area contributed by atoms with Crippen molar-refractivity contribution in [3.8, 4) is 0 Å². The standard InChI is InChI=1S/C20H28N2O3/c1-15(23)17-8-7-11-19(14-17)22(16(2)24)13-12-20(25)21-18-9-5-3-4-6-10-18/h7-8,11,14,18H,3-6,9-10,12-13H2,1-2H3,(H,21,25). The number of Topliss-reactive ketones (excluding diaryl/α,β-unsaturated/α-hetero) is 1. The van der Waals surface area contributed by atoms with Gasteiger partial charge in [-0.15, -0.1) is 0 Å². The molecule has 0 heterocycles. The molecule has 0 radical (unpaired) electrons. The van der Waals surface area contributed by atoms with E-state index < -0.39 is 0 Å². The van der Waals surface area contributed by atoms with Crippen LogP contribution in [-0.2, 0) is 9.59 Å². The number of rotatable bonds is 6. The molecule has 1 aliphatic carbocycles. The summed E-state index contributed by atoms with van der Waals surface area (Å²) < 4.78 is 0. The Hall–Kier alpha value is -2.17. The van der Waals surface area contributed by atoms with Gasteiger partial charge in [-0.1, -0.05) is 37.8 Å². The van der Waals surface area contributed by atoms with Gasteiger partial charge in [0.05, 0.1) is 0 Å². The maximum atomic E-state index is 12.3. The minimum absolute atomic E-state index is 0.0131. The number of carbonyl (C=O) groups is 3. The highest BCUT2D eigenvalue weighted by molar-refractivity contribution is 5.97. The molecule has 0 aliphatic heterocycles. The molecule has 0 spiro atoms. The summed E-state index contributed by atoms with van der Waals surface area (Å²) in [5, 5.41) is 3.10. The zero-order valence-electron chi connectivity index (χ0n) is 15.2. The lowest BCUT2D eigenvalue weighted by atomic mass is 10.1. The monoisotopic (exact) mass is 344 g/mol. The van der Waals surface area contributed by atoms with Gasteiger partial charge in [-0.25, -0.2) is 0 Å². The van der Waals surface area contributed by atoms with Crippen LogP contribution in [0.1, 0.15) is 69.2 Å². The Bertz CT molecular complexity index is 619. The van der Waals surface area contributed by atoms with Gasteiger partial charge < -0.3 is 10.2 Å². The number of carbonyl (C=O) groups excluding carboxylic acids is 3. The Morgan fingerprint density at radius 2 is 1.76 bits per heavy atom. The van der Waals surface area contributed by atoms with E-state index in [1.165, 1.54) is 39.5 Å². The SMILES string of the molecule is CC(=O)c1cccc(N(CCC(=O)NC2CCCCCC2)C(C)=O)c1. The summed E-state index contributed by atoms with van der Waals surface area (Å²) in [5.41, 5.74) is 1.22. The Labute approximate surface area is 149 Å². The molecule has 1 saturated carbocycles. The highest BCUT2D eigenvalue weighted by Crippen LogP contribution is 2.19. The summed E-state index contributed by atoms with van der Waals surface area (Å²) in [6.07, 6.45) is 7.19. The third-order valence-electron chi connectivity index (χ3n) is 4.73. The van der Waals surface area contributed by atoms with E-state index in [1.807, 2.05) is 0 Å². The molecule has 1 aromatic carbocycles. The molecule has 1 fully saturated rings. The molecule has 0 unspecified atom stereocenters. The predicted octanol–water partition coefficient (Wildman–Crippen LogP) is 3.47. The van der Waals surface area contributed by atoms with Gasteiger partial charge in [-0.2, -0.15) is 0 Å². The minimum atomic E-state index is -0.136. The first-order valence-corrected chi connectivity index (χ1v) is 9.16. The minimum Gasteiger partial charge on any atom is -0.353 e. The molecular formula is C20H28N2O3. The van der Waals surface area contributed by atoms with Crippen molar-refractivity contribution in [2.75, 3.05) is 11.4 Å². The summed E-state index contributed by atoms with van der Waals surface area (Å²) in [5.74, 6) is -0.194. The van der Waals surface area contributed by atoms with Crippen LogP contribution in [-0.4, -0.2) is 30.2 Å². The number of ketones is 1. The number of anilines is 1. The molecule has 1 N–H and O–H groups in total. The Morgan fingerprint density at radius 3 is 2.36 bits per heavy atom. The van der Waals surface area contributed by atoms with Crippen molar-refractivity contribution in [3.05, 3.63) is 29.8 Å². The molecule has 136 valence electrons. The molecule has 0 saturated heterocycles. The van der Waals surface area contributed by atoms with Crippen molar-refractivity contribution < 1.29 is 14.4 Å². The van der Waals surface area contributed by atoms with Crippen LogP contribution in [0.5, 0.6) is 0 Å². The number of amides is 2. The molecule has 5 heteroatoms. The fraction of sp³-hybridized carbons (Fsp3) is 0.550. The van der Waals surface area contributed by atoms with Crippen LogP contribution in [0.3, 0.4) is 0 Å². The molecule has 0 aromatic heterocycles. The van der Waals surface area contributed by atoms with Crippen molar-refractivity contribution >= 4 is 23.3 Å². The van der Waals surface area contributed by atoms with E-state index in [-0.39, 0.29) is 30.1 Å². The van der Waals surface area contributed by atoms with Gasteiger partial charge in [0.15, 0.2) is 5.78 Å². The third-order valence-corrected chi connectivity index (χ3v) is 4.73. The summed E-state index contributed by atoms with van der Waals surface area (Å²) in [6, 6.07) is 7.24. The average Bonchev–Trinajstić information content (AvgIpc) is 2.83. The Kier molecular flexibility index (Phi) is 7.16. The van der Waals surface area contributed by atoms with E-state index in [9.17, 15) is 14.4 Å². The largest absolute Gasteiger partial charge is 0.353 e. The number of nitrogens with one attached hydrogen (secondary N) is 1. The van der Waals surface area contributed by atoms with E-state index in [0.717, 1.165) is 12.8 Å². The first kappa shape index (κ1) is 19.2. The van der Waals surface area contributed by atoms with E-state index in [0.29, 0.717) is 17.8 Å². The topological polar surface area (TPSA) is 66.5 Å². The van der Waals surface area contributed by atoms with Crippen LogP contribution in [0.15, 0.2) is 24.3 Å². The molecule has 0 bridgehead atoms. The molecular weight excluding hydrogens is 316 g/mol. The van der Waals surface area contributed by atoms with Crippen molar-refractivity contribution in [1.29, 1.82) is 0 Å². The van der Waals surface area contributed by atoms with Gasteiger partial charge in [-0.3, -0.25) is 14.4 Å². The third kappa shape index (κ3) is 6.00. The van der Waals surface area contributed by atoms with Crippen LogP contribution in [0.2, 0.25) is 0 Å². The number of hydrogen-bond donors (Lipinski definition) is 1. The van der Waals surface area contributed by atoms with Crippen LogP contribution < -0.4 is 10.2 Å². The van der Waals surface area contributed by atoms with Gasteiger partial charge in [0.25, 0.3) is 0 Å². The fourth-order valence-electron chi connectivity index (χ4n) is 3.30. The Balaban J connectivity index is 1.95. The van der Waals surface area contributed by atoms with E-state index in [1.54, 1.807) is 29.2 Å². The summed E-state index contributed by atoms with van der Waals surface area (Å²) >= 11 is 0. The zero-order chi connectivity index (χ0) is 18.2. The van der Waals surface area contributed by atoms with E-state index in [2.05, 4.69) is 5.32 Å². The van der Waals surface area contributed by atoms with Gasteiger partial charge >= 0.3 is 0 Å². The first-order valence-electron chi connectivity index (χ1n) is 9.16. The number of benzene rings is 1. The van der Waals surface area contributed by atoms with E-state index >= 15 is 0 Å². The van der Waals surface area contributed by atoms with Crippen LogP contribution in [0, 0.1) is 0 Å². The summed E-state index contributed by atoms with van der Waals surface area (Å²) in [6.45, 7) is 3.29. The first-order chi connectivity index (χ1) is 12.0. The van der Waals surface area contributed by atoms with Crippen molar-refractivity contribution in [2.24, 2.45) is 0 Å². The molecule has 5 nitrogen and oxygen atoms in total. The second-order valence-electron chi connectivity index (χ2n) is 6.78. The molecule has 25 heavy (non-hydrogen) atoms. The average molecular weight is 344 g/mol. The summed E-state index contributed by atoms with van der Waals surface area (Å²) in [7, 11) is 0. The molecule has 1 aromatic rings. The van der Waals surface area contributed by atoms with Gasteiger partial charge in [-0.05, 0) is 31.9 Å². The van der Waals surface area contributed by atoms with Crippen molar-refractivity contribution in [2.45, 2.75) is 64.8 Å². The number of hydrogen-bond acceptors (Lipinski definition) is 3. The molecule has 1 aliphatic rings. The lowest BCUT2D eigenvalue weighted by Gasteiger charge is -2.22. The maximum absolute atomic E-state index is 12.3. The van der Waals surface area contributed by atoms with Gasteiger partial charge in [0.1, 0.15) is 0 Å². The Morgan fingerprint density at radius 1 is 1.08 bits per heavy atom. The molecule has 0 atom stereocenters. The fourth-order valence-corrected chi connectivity index (χ4v) is 3.30. The highest BCUT2D eigenvalue weighted by Gasteiger charge is 2.17. The van der Waals surface area contributed by atoms with Crippen molar-refractivity contribution in [1.82, 2.24) is 5.32 Å². The van der Waals surface area contributed by atoms with Crippen LogP contribution in [0.4, 0.5) is 5.69 Å². The summed E-state index contributed by atoms with van der Waals surface area (Å²) in [4.78, 5) is 37.3. The maximum Gasteiger partial charge on any atom is 0.223 e. The predicted molar refractivity (Wildman–Crippen MR) is 98.7 cm³/mol.